The van der Waals surface area contributed by atoms with Crippen molar-refractivity contribution in [3.05, 3.63) is 12.2 Å². The van der Waals surface area contributed by atoms with Gasteiger partial charge in [0.25, 0.3) is 0 Å². The first kappa shape index (κ1) is 19.2. The van der Waals surface area contributed by atoms with Crippen molar-refractivity contribution in [3.8, 4) is 0 Å². The largest absolute Gasteiger partial charge is 0.354 e. The highest BCUT2D eigenvalue weighted by Gasteiger charge is 2.37. The predicted molar refractivity (Wildman–Crippen MR) is 89.5 cm³/mol. The molecule has 1 aliphatic heterocycles. The molecule has 3 rings (SSSR count). The fraction of sp³-hybridized carbons (Fsp3) is 0.786. The molecule has 1 aliphatic carbocycles. The van der Waals surface area contributed by atoms with Gasteiger partial charge in [-0.3, -0.25) is 4.79 Å². The van der Waals surface area contributed by atoms with Crippen LogP contribution in [0.4, 0.5) is 0 Å². The zero-order chi connectivity index (χ0) is 13.9. The number of aromatic nitrogens is 3. The number of carbonyl (C=O) groups is 1. The minimum Gasteiger partial charge on any atom is -0.354 e. The van der Waals surface area contributed by atoms with E-state index < -0.39 is 0 Å². The molecule has 2 heterocycles. The molecule has 3 atom stereocenters. The Morgan fingerprint density at radius 1 is 1.41 bits per heavy atom. The van der Waals surface area contributed by atoms with Crippen LogP contribution in [0.3, 0.4) is 0 Å². The van der Waals surface area contributed by atoms with Gasteiger partial charge in [0.05, 0.1) is 6.04 Å². The molecule has 2 fully saturated rings. The number of hydrogen-bond donors (Lipinski definition) is 2. The van der Waals surface area contributed by atoms with Crippen LogP contribution in [0.1, 0.15) is 37.9 Å². The summed E-state index contributed by atoms with van der Waals surface area (Å²) in [7, 11) is 1.92. The Bertz CT molecular complexity index is 468. The van der Waals surface area contributed by atoms with Crippen LogP contribution in [0, 0.1) is 5.92 Å². The Morgan fingerprint density at radius 2 is 2.18 bits per heavy atom. The summed E-state index contributed by atoms with van der Waals surface area (Å²) < 4.78 is 1.88. The maximum absolute atomic E-state index is 12.2. The lowest BCUT2D eigenvalue weighted by Gasteiger charge is -2.24. The molecule has 1 aromatic heterocycles. The number of aryl methyl sites for hydroxylation is 1. The highest BCUT2D eigenvalue weighted by atomic mass is 35.5. The van der Waals surface area contributed by atoms with Crippen LogP contribution >= 0.6 is 24.8 Å². The van der Waals surface area contributed by atoms with Crippen LogP contribution < -0.4 is 10.6 Å². The number of fused-ring (bicyclic) bond motifs is 1. The van der Waals surface area contributed by atoms with Crippen molar-refractivity contribution in [2.45, 2.75) is 50.6 Å². The zero-order valence-electron chi connectivity index (χ0n) is 12.8. The third-order valence-electron chi connectivity index (χ3n) is 4.63. The van der Waals surface area contributed by atoms with Gasteiger partial charge in [-0.2, -0.15) is 0 Å². The third-order valence-corrected chi connectivity index (χ3v) is 4.63. The number of hydrogen-bond acceptors (Lipinski definition) is 4. The number of nitrogens with one attached hydrogen (secondary N) is 2. The molecule has 0 radical (unpaired) electrons. The van der Waals surface area contributed by atoms with Gasteiger partial charge in [0.15, 0.2) is 0 Å². The van der Waals surface area contributed by atoms with Crippen molar-refractivity contribution in [3.63, 3.8) is 0 Å². The third kappa shape index (κ3) is 4.33. The summed E-state index contributed by atoms with van der Waals surface area (Å²) in [6, 6.07) is 0.570. The van der Waals surface area contributed by atoms with Crippen molar-refractivity contribution in [2.75, 3.05) is 6.54 Å². The summed E-state index contributed by atoms with van der Waals surface area (Å²) >= 11 is 0. The second-order valence-corrected chi connectivity index (χ2v) is 6.01. The predicted octanol–water partition coefficient (Wildman–Crippen LogP) is 1.24. The summed E-state index contributed by atoms with van der Waals surface area (Å²) in [5.41, 5.74) is 0. The Morgan fingerprint density at radius 3 is 2.86 bits per heavy atom. The van der Waals surface area contributed by atoms with Gasteiger partial charge >= 0.3 is 0 Å². The summed E-state index contributed by atoms with van der Waals surface area (Å²) in [6.45, 7) is 0.624. The van der Waals surface area contributed by atoms with Crippen LogP contribution in [0.25, 0.3) is 0 Å². The highest BCUT2D eigenvalue weighted by Crippen LogP contribution is 2.33. The lowest BCUT2D eigenvalue weighted by Crippen LogP contribution is -2.43. The monoisotopic (exact) mass is 349 g/mol. The van der Waals surface area contributed by atoms with Crippen LogP contribution in [0.2, 0.25) is 0 Å². The Labute approximate surface area is 143 Å². The molecule has 1 saturated carbocycles. The number of rotatable bonds is 4. The second kappa shape index (κ2) is 8.70. The van der Waals surface area contributed by atoms with Gasteiger partial charge in [0.2, 0.25) is 5.91 Å². The van der Waals surface area contributed by atoms with E-state index in [-0.39, 0.29) is 36.8 Å². The van der Waals surface area contributed by atoms with Gasteiger partial charge in [-0.25, -0.2) is 0 Å². The highest BCUT2D eigenvalue weighted by molar-refractivity contribution is 5.85. The van der Waals surface area contributed by atoms with E-state index in [9.17, 15) is 4.79 Å². The average molecular weight is 350 g/mol. The molecule has 8 heteroatoms. The Kier molecular flexibility index (Phi) is 7.59. The van der Waals surface area contributed by atoms with E-state index in [4.69, 9.17) is 0 Å². The fourth-order valence-corrected chi connectivity index (χ4v) is 3.48. The average Bonchev–Trinajstić information content (AvgIpc) is 3.05. The minimum atomic E-state index is 0. The molecule has 3 unspecified atom stereocenters. The summed E-state index contributed by atoms with van der Waals surface area (Å²) in [5, 5.41) is 14.4. The molecule has 22 heavy (non-hydrogen) atoms. The van der Waals surface area contributed by atoms with Gasteiger partial charge in [0.1, 0.15) is 12.2 Å². The normalized spacial score (nSPS) is 26.5. The molecule has 2 N–H and O–H groups in total. The summed E-state index contributed by atoms with van der Waals surface area (Å²) in [6.07, 6.45) is 8.54. The zero-order valence-corrected chi connectivity index (χ0v) is 14.5. The first-order valence-corrected chi connectivity index (χ1v) is 7.60. The molecular weight excluding hydrogens is 325 g/mol. The SMILES string of the molecule is Cl.Cl.Cn1cnnc1CCNC(=O)C1CC2CCCCC2N1. The van der Waals surface area contributed by atoms with Crippen LogP contribution in [0.5, 0.6) is 0 Å². The van der Waals surface area contributed by atoms with Gasteiger partial charge in [-0.05, 0) is 25.2 Å². The summed E-state index contributed by atoms with van der Waals surface area (Å²) in [4.78, 5) is 12.2. The maximum Gasteiger partial charge on any atom is 0.237 e. The standard InChI is InChI=1S/C14H23N5O.2ClH/c1-19-9-16-18-13(19)6-7-15-14(20)12-8-10-4-2-3-5-11(10)17-12;;/h9-12,17H,2-8H2,1H3,(H,15,20);2*1H. The fourth-order valence-electron chi connectivity index (χ4n) is 3.48. The Hall–Kier alpha value is -0.850. The summed E-state index contributed by atoms with van der Waals surface area (Å²) in [5.74, 6) is 1.75. The molecule has 0 aromatic carbocycles. The molecule has 1 saturated heterocycles. The van der Waals surface area contributed by atoms with Crippen LogP contribution in [0.15, 0.2) is 6.33 Å². The van der Waals surface area contributed by atoms with Crippen molar-refractivity contribution < 1.29 is 4.79 Å². The number of nitrogens with zero attached hydrogens (tertiary/aromatic N) is 3. The second-order valence-electron chi connectivity index (χ2n) is 6.01. The molecule has 2 aliphatic rings. The van der Waals surface area contributed by atoms with E-state index in [0.29, 0.717) is 18.5 Å². The topological polar surface area (TPSA) is 71.8 Å². The van der Waals surface area contributed by atoms with Crippen molar-refractivity contribution in [1.29, 1.82) is 0 Å². The van der Waals surface area contributed by atoms with Crippen molar-refractivity contribution in [2.24, 2.45) is 13.0 Å². The Balaban J connectivity index is 0.00000121. The van der Waals surface area contributed by atoms with Crippen LogP contribution in [-0.2, 0) is 18.3 Å². The first-order valence-electron chi connectivity index (χ1n) is 7.60. The molecule has 6 nitrogen and oxygen atoms in total. The van der Waals surface area contributed by atoms with Gasteiger partial charge in [-0.1, -0.05) is 12.8 Å². The lowest BCUT2D eigenvalue weighted by molar-refractivity contribution is -0.122. The van der Waals surface area contributed by atoms with Crippen molar-refractivity contribution in [1.82, 2.24) is 25.4 Å². The van der Waals surface area contributed by atoms with E-state index in [1.54, 1.807) is 6.33 Å². The van der Waals surface area contributed by atoms with E-state index in [0.717, 1.165) is 18.7 Å². The van der Waals surface area contributed by atoms with E-state index >= 15 is 0 Å². The van der Waals surface area contributed by atoms with Crippen molar-refractivity contribution >= 4 is 30.7 Å². The van der Waals surface area contributed by atoms with E-state index in [1.807, 2.05) is 11.6 Å². The lowest BCUT2D eigenvalue weighted by atomic mass is 9.85. The van der Waals surface area contributed by atoms with Gasteiger partial charge in [0, 0.05) is 26.1 Å². The minimum absolute atomic E-state index is 0. The van der Waals surface area contributed by atoms with Gasteiger partial charge < -0.3 is 15.2 Å². The number of halogens is 2. The molecule has 0 spiro atoms. The molecule has 0 bridgehead atoms. The van der Waals surface area contributed by atoms with E-state index in [2.05, 4.69) is 20.8 Å². The van der Waals surface area contributed by atoms with E-state index in [1.165, 1.54) is 25.7 Å². The quantitative estimate of drug-likeness (QED) is 0.857. The number of amides is 1. The molecule has 1 amide bonds. The molecular formula is C14H25Cl2N5O. The maximum atomic E-state index is 12.2. The molecule has 1 aromatic rings. The first-order chi connectivity index (χ1) is 9.74. The van der Waals surface area contributed by atoms with Crippen LogP contribution in [-0.4, -0.2) is 39.3 Å². The molecule has 126 valence electrons. The number of carbonyl (C=O) groups excluding carboxylic acids is 1. The van der Waals surface area contributed by atoms with Gasteiger partial charge in [-0.15, -0.1) is 35.0 Å². The smallest absolute Gasteiger partial charge is 0.237 e.